The van der Waals surface area contributed by atoms with Gasteiger partial charge in [-0.3, -0.25) is 4.79 Å². The maximum Gasteiger partial charge on any atom is 0.264 e. The predicted octanol–water partition coefficient (Wildman–Crippen LogP) is 1.87. The molecule has 78 valence electrons. The SMILES string of the molecule is C#CC(OC)Oc1ccccc1C(C)=O. The van der Waals surface area contributed by atoms with Crippen LogP contribution < -0.4 is 4.74 Å². The molecule has 3 nitrogen and oxygen atoms in total. The number of Topliss-reactive ketones (excluding diaryl/α,β-unsaturated/α-hetero) is 1. The van der Waals surface area contributed by atoms with Gasteiger partial charge in [0.05, 0.1) is 5.56 Å². The molecule has 15 heavy (non-hydrogen) atoms. The van der Waals surface area contributed by atoms with E-state index in [2.05, 4.69) is 5.92 Å². The molecule has 1 unspecified atom stereocenters. The fourth-order valence-corrected chi connectivity index (χ4v) is 1.13. The van der Waals surface area contributed by atoms with E-state index >= 15 is 0 Å². The zero-order valence-corrected chi connectivity index (χ0v) is 8.69. The summed E-state index contributed by atoms with van der Waals surface area (Å²) in [6.45, 7) is 1.47. The van der Waals surface area contributed by atoms with Crippen molar-refractivity contribution in [3.8, 4) is 18.1 Å². The molecular weight excluding hydrogens is 192 g/mol. The van der Waals surface area contributed by atoms with Crippen molar-refractivity contribution in [2.75, 3.05) is 7.11 Å². The van der Waals surface area contributed by atoms with Crippen molar-refractivity contribution in [3.05, 3.63) is 29.8 Å². The zero-order valence-electron chi connectivity index (χ0n) is 8.69. The van der Waals surface area contributed by atoms with Gasteiger partial charge in [-0.05, 0) is 25.0 Å². The molecule has 1 atom stereocenters. The van der Waals surface area contributed by atoms with Crippen LogP contribution in [0.2, 0.25) is 0 Å². The molecule has 0 aromatic heterocycles. The molecule has 0 spiro atoms. The molecule has 0 fully saturated rings. The van der Waals surface area contributed by atoms with Crippen molar-refractivity contribution < 1.29 is 14.3 Å². The first-order chi connectivity index (χ1) is 7.19. The number of carbonyl (C=O) groups is 1. The Morgan fingerprint density at radius 2 is 2.13 bits per heavy atom. The van der Waals surface area contributed by atoms with Crippen LogP contribution in [0.15, 0.2) is 24.3 Å². The van der Waals surface area contributed by atoms with Crippen LogP contribution in [0.4, 0.5) is 0 Å². The van der Waals surface area contributed by atoms with E-state index in [0.29, 0.717) is 11.3 Å². The maximum atomic E-state index is 11.3. The van der Waals surface area contributed by atoms with Gasteiger partial charge in [-0.1, -0.05) is 12.1 Å². The molecule has 0 heterocycles. The van der Waals surface area contributed by atoms with Gasteiger partial charge in [-0.25, -0.2) is 0 Å². The average molecular weight is 204 g/mol. The lowest BCUT2D eigenvalue weighted by Gasteiger charge is -2.13. The highest BCUT2D eigenvalue weighted by Crippen LogP contribution is 2.19. The summed E-state index contributed by atoms with van der Waals surface area (Å²) in [5.74, 6) is 2.68. The first kappa shape index (κ1) is 11.3. The number of ketones is 1. The molecule has 1 aromatic carbocycles. The lowest BCUT2D eigenvalue weighted by molar-refractivity contribution is -0.00839. The smallest absolute Gasteiger partial charge is 0.264 e. The van der Waals surface area contributed by atoms with Crippen molar-refractivity contribution in [1.82, 2.24) is 0 Å². The largest absolute Gasteiger partial charge is 0.453 e. The van der Waals surface area contributed by atoms with Gasteiger partial charge in [0.1, 0.15) is 5.75 Å². The van der Waals surface area contributed by atoms with E-state index in [9.17, 15) is 4.79 Å². The summed E-state index contributed by atoms with van der Waals surface area (Å²) in [4.78, 5) is 11.3. The fourth-order valence-electron chi connectivity index (χ4n) is 1.13. The highest BCUT2D eigenvalue weighted by atomic mass is 16.7. The molecule has 0 amide bonds. The first-order valence-corrected chi connectivity index (χ1v) is 4.44. The molecule has 1 rings (SSSR count). The topological polar surface area (TPSA) is 35.5 Å². The molecule has 0 saturated carbocycles. The standard InChI is InChI=1S/C12H12O3/c1-4-12(14-3)15-11-8-6-5-7-10(11)9(2)13/h1,5-8,12H,2-3H3. The second-order valence-electron chi connectivity index (χ2n) is 2.90. The normalized spacial score (nSPS) is 11.5. The molecule has 0 aliphatic rings. The summed E-state index contributed by atoms with van der Waals surface area (Å²) in [7, 11) is 1.45. The first-order valence-electron chi connectivity index (χ1n) is 4.44. The third kappa shape index (κ3) is 2.83. The van der Waals surface area contributed by atoms with Crippen LogP contribution >= 0.6 is 0 Å². The second kappa shape index (κ2) is 5.18. The summed E-state index contributed by atoms with van der Waals surface area (Å²) >= 11 is 0. The van der Waals surface area contributed by atoms with Crippen LogP contribution in [-0.2, 0) is 4.74 Å². The van der Waals surface area contributed by atoms with Gasteiger partial charge in [0.2, 0.25) is 0 Å². The van der Waals surface area contributed by atoms with E-state index in [1.165, 1.54) is 14.0 Å². The van der Waals surface area contributed by atoms with E-state index in [4.69, 9.17) is 15.9 Å². The minimum absolute atomic E-state index is 0.0718. The monoisotopic (exact) mass is 204 g/mol. The van der Waals surface area contributed by atoms with Gasteiger partial charge < -0.3 is 9.47 Å². The number of carbonyl (C=O) groups excluding carboxylic acids is 1. The summed E-state index contributed by atoms with van der Waals surface area (Å²) in [5.41, 5.74) is 0.495. The summed E-state index contributed by atoms with van der Waals surface area (Å²) in [5, 5.41) is 0. The summed E-state index contributed by atoms with van der Waals surface area (Å²) < 4.78 is 10.2. The average Bonchev–Trinajstić information content (AvgIpc) is 2.26. The third-order valence-corrected chi connectivity index (χ3v) is 1.85. The Bertz CT molecular complexity index is 390. The Kier molecular flexibility index (Phi) is 3.90. The molecule has 1 aromatic rings. The minimum atomic E-state index is -0.773. The Balaban J connectivity index is 2.94. The van der Waals surface area contributed by atoms with E-state index in [1.54, 1.807) is 24.3 Å². The highest BCUT2D eigenvalue weighted by molar-refractivity contribution is 5.96. The Hall–Kier alpha value is -1.79. The minimum Gasteiger partial charge on any atom is -0.453 e. The van der Waals surface area contributed by atoms with Crippen molar-refractivity contribution in [3.63, 3.8) is 0 Å². The van der Waals surface area contributed by atoms with Crippen LogP contribution in [-0.4, -0.2) is 19.2 Å². The Morgan fingerprint density at radius 3 is 2.67 bits per heavy atom. The van der Waals surface area contributed by atoms with Crippen LogP contribution in [0, 0.1) is 12.3 Å². The summed E-state index contributed by atoms with van der Waals surface area (Å²) in [6.07, 6.45) is 4.40. The molecule has 0 saturated heterocycles. The molecule has 0 bridgehead atoms. The number of rotatable bonds is 4. The Labute approximate surface area is 89.0 Å². The zero-order chi connectivity index (χ0) is 11.3. The summed E-state index contributed by atoms with van der Waals surface area (Å²) in [6, 6.07) is 6.90. The van der Waals surface area contributed by atoms with Gasteiger partial charge in [0, 0.05) is 7.11 Å². The van der Waals surface area contributed by atoms with Crippen molar-refractivity contribution in [2.45, 2.75) is 13.2 Å². The molecule has 0 aliphatic heterocycles. The third-order valence-electron chi connectivity index (χ3n) is 1.85. The number of methoxy groups -OCH3 is 1. The number of hydrogen-bond acceptors (Lipinski definition) is 3. The van der Waals surface area contributed by atoms with Crippen molar-refractivity contribution >= 4 is 5.78 Å². The molecule has 3 heteroatoms. The van der Waals surface area contributed by atoms with Crippen LogP contribution in [0.1, 0.15) is 17.3 Å². The van der Waals surface area contributed by atoms with Gasteiger partial charge in [0.15, 0.2) is 5.78 Å². The maximum absolute atomic E-state index is 11.3. The number of para-hydroxylation sites is 1. The van der Waals surface area contributed by atoms with E-state index < -0.39 is 6.29 Å². The van der Waals surface area contributed by atoms with Gasteiger partial charge in [-0.15, -0.1) is 6.42 Å². The van der Waals surface area contributed by atoms with E-state index in [0.717, 1.165) is 0 Å². The van der Waals surface area contributed by atoms with E-state index in [-0.39, 0.29) is 5.78 Å². The fraction of sp³-hybridized carbons (Fsp3) is 0.250. The van der Waals surface area contributed by atoms with Gasteiger partial charge in [0.25, 0.3) is 6.29 Å². The number of terminal acetylenes is 1. The van der Waals surface area contributed by atoms with E-state index in [1.807, 2.05) is 0 Å². The molecular formula is C12H12O3. The van der Waals surface area contributed by atoms with Gasteiger partial charge >= 0.3 is 0 Å². The molecule has 0 N–H and O–H groups in total. The second-order valence-corrected chi connectivity index (χ2v) is 2.90. The lowest BCUT2D eigenvalue weighted by atomic mass is 10.1. The van der Waals surface area contributed by atoms with Crippen molar-refractivity contribution in [1.29, 1.82) is 0 Å². The predicted molar refractivity (Wildman–Crippen MR) is 56.7 cm³/mol. The quantitative estimate of drug-likeness (QED) is 0.426. The van der Waals surface area contributed by atoms with Crippen LogP contribution in [0.25, 0.3) is 0 Å². The Morgan fingerprint density at radius 1 is 1.47 bits per heavy atom. The number of ether oxygens (including phenoxy) is 2. The molecule has 0 radical (unpaired) electrons. The van der Waals surface area contributed by atoms with Crippen LogP contribution in [0.3, 0.4) is 0 Å². The highest BCUT2D eigenvalue weighted by Gasteiger charge is 2.11. The number of hydrogen-bond donors (Lipinski definition) is 0. The van der Waals surface area contributed by atoms with Crippen molar-refractivity contribution in [2.24, 2.45) is 0 Å². The van der Waals surface area contributed by atoms with Crippen LogP contribution in [0.5, 0.6) is 5.75 Å². The van der Waals surface area contributed by atoms with Gasteiger partial charge in [-0.2, -0.15) is 0 Å². The lowest BCUT2D eigenvalue weighted by Crippen LogP contribution is -2.17. The number of benzene rings is 1. The molecule has 0 aliphatic carbocycles.